The number of esters is 1. The molecule has 1 aliphatic heterocycles. The molecule has 1 aromatic heterocycles. The number of thiazole rings is 1. The van der Waals surface area contributed by atoms with Crippen molar-refractivity contribution in [1.29, 1.82) is 0 Å². The van der Waals surface area contributed by atoms with Gasteiger partial charge in [0.25, 0.3) is 5.56 Å². The number of hydrogen-bond acceptors (Lipinski definition) is 8. The fourth-order valence-corrected chi connectivity index (χ4v) is 6.19. The molecule has 0 unspecified atom stereocenters. The van der Waals surface area contributed by atoms with Crippen LogP contribution in [-0.2, 0) is 9.53 Å². The Kier molecular flexibility index (Phi) is 9.76. The molecule has 0 bridgehead atoms. The van der Waals surface area contributed by atoms with Crippen LogP contribution in [0.4, 0.5) is 0 Å². The Morgan fingerprint density at radius 2 is 1.78 bits per heavy atom. The van der Waals surface area contributed by atoms with E-state index < -0.39 is 12.0 Å². The molecule has 0 aliphatic carbocycles. The number of carbonyl (C=O) groups excluding carboxylic acids is 1. The second kappa shape index (κ2) is 13.1. The number of halogens is 1. The summed E-state index contributed by atoms with van der Waals surface area (Å²) in [7, 11) is 0. The number of fused-ring (bicyclic) bond motifs is 1. The highest BCUT2D eigenvalue weighted by atomic mass is 79.9. The Hall–Kier alpha value is -3.37. The first kappa shape index (κ1) is 30.6. The first-order chi connectivity index (χ1) is 19.5. The Bertz CT molecular complexity index is 1650. The molecule has 3 aromatic rings. The van der Waals surface area contributed by atoms with Crippen LogP contribution in [0.1, 0.15) is 65.6 Å². The van der Waals surface area contributed by atoms with Gasteiger partial charge in [0.15, 0.2) is 16.3 Å². The standard InChI is InChI=1S/C31H35BrN2O6S/c1-8-37-24-15-20(14-22(32)28(24)40-18(5)6)16-25-29(35)34-27(21-12-10-11-13-23(21)39-17(3)4)26(30(36)38-9-2)19(7)33-31(34)41-25/h10-18,27H,8-9H2,1-7H3/b25-16-/t27-/m0/s1. The molecule has 1 atom stereocenters. The van der Waals surface area contributed by atoms with E-state index >= 15 is 0 Å². The highest BCUT2D eigenvalue weighted by molar-refractivity contribution is 9.10. The number of hydrogen-bond donors (Lipinski definition) is 0. The van der Waals surface area contributed by atoms with Crippen molar-refractivity contribution in [3.63, 3.8) is 0 Å². The first-order valence-electron chi connectivity index (χ1n) is 13.6. The van der Waals surface area contributed by atoms with Gasteiger partial charge in [0.05, 0.1) is 45.7 Å². The van der Waals surface area contributed by atoms with Crippen LogP contribution < -0.4 is 29.1 Å². The Morgan fingerprint density at radius 3 is 2.44 bits per heavy atom. The van der Waals surface area contributed by atoms with Crippen LogP contribution >= 0.6 is 27.3 Å². The van der Waals surface area contributed by atoms with Crippen LogP contribution in [0.2, 0.25) is 0 Å². The number of carbonyl (C=O) groups is 1. The van der Waals surface area contributed by atoms with Crippen molar-refractivity contribution in [2.24, 2.45) is 4.99 Å². The smallest absolute Gasteiger partial charge is 0.338 e. The van der Waals surface area contributed by atoms with Crippen molar-refractivity contribution < 1.29 is 23.7 Å². The number of aromatic nitrogens is 1. The number of nitrogens with zero attached hydrogens (tertiary/aromatic N) is 2. The summed E-state index contributed by atoms with van der Waals surface area (Å²) in [5.74, 6) is 1.26. The van der Waals surface area contributed by atoms with E-state index in [0.29, 0.717) is 54.5 Å². The monoisotopic (exact) mass is 642 g/mol. The zero-order valence-corrected chi connectivity index (χ0v) is 26.7. The Balaban J connectivity index is 1.94. The first-order valence-corrected chi connectivity index (χ1v) is 15.2. The molecule has 0 amide bonds. The lowest BCUT2D eigenvalue weighted by Gasteiger charge is -2.26. The summed E-state index contributed by atoms with van der Waals surface area (Å²) < 4.78 is 26.1. The summed E-state index contributed by atoms with van der Waals surface area (Å²) in [6, 6.07) is 10.4. The van der Waals surface area contributed by atoms with E-state index in [0.717, 1.165) is 5.56 Å². The molecular weight excluding hydrogens is 608 g/mol. The minimum atomic E-state index is -0.769. The molecule has 41 heavy (non-hydrogen) atoms. The maximum absolute atomic E-state index is 14.1. The van der Waals surface area contributed by atoms with Gasteiger partial charge in [-0.2, -0.15) is 0 Å². The van der Waals surface area contributed by atoms with Gasteiger partial charge in [-0.05, 0) is 94.2 Å². The van der Waals surface area contributed by atoms with Crippen molar-refractivity contribution in [3.8, 4) is 17.2 Å². The maximum Gasteiger partial charge on any atom is 0.338 e. The lowest BCUT2D eigenvalue weighted by molar-refractivity contribution is -0.139. The molecule has 1 aliphatic rings. The van der Waals surface area contributed by atoms with Gasteiger partial charge >= 0.3 is 5.97 Å². The minimum Gasteiger partial charge on any atom is -0.491 e. The number of ether oxygens (including phenoxy) is 4. The van der Waals surface area contributed by atoms with Gasteiger partial charge in [-0.15, -0.1) is 0 Å². The second-order valence-electron chi connectivity index (χ2n) is 9.94. The third kappa shape index (κ3) is 6.59. The summed E-state index contributed by atoms with van der Waals surface area (Å²) in [5, 5.41) is 0. The van der Waals surface area contributed by atoms with E-state index in [1.54, 1.807) is 24.5 Å². The van der Waals surface area contributed by atoms with Crippen LogP contribution in [0.3, 0.4) is 0 Å². The highest BCUT2D eigenvalue weighted by Gasteiger charge is 2.35. The summed E-state index contributed by atoms with van der Waals surface area (Å²) in [6.45, 7) is 13.8. The van der Waals surface area contributed by atoms with E-state index in [1.807, 2.05) is 71.0 Å². The number of benzene rings is 2. The largest absolute Gasteiger partial charge is 0.491 e. The van der Waals surface area contributed by atoms with Crippen LogP contribution in [0, 0.1) is 0 Å². The van der Waals surface area contributed by atoms with Crippen molar-refractivity contribution in [3.05, 3.63) is 83.0 Å². The number of para-hydroxylation sites is 1. The third-order valence-corrected chi connectivity index (χ3v) is 7.65. The number of allylic oxidation sites excluding steroid dienone is 1. The highest BCUT2D eigenvalue weighted by Crippen LogP contribution is 2.38. The van der Waals surface area contributed by atoms with E-state index in [9.17, 15) is 9.59 Å². The van der Waals surface area contributed by atoms with Gasteiger partial charge < -0.3 is 18.9 Å². The summed E-state index contributed by atoms with van der Waals surface area (Å²) in [6.07, 6.45) is 1.65. The molecule has 0 radical (unpaired) electrons. The normalized spacial score (nSPS) is 15.2. The van der Waals surface area contributed by atoms with E-state index in [4.69, 9.17) is 18.9 Å². The quantitative estimate of drug-likeness (QED) is 0.270. The van der Waals surface area contributed by atoms with Gasteiger partial charge in [0, 0.05) is 5.56 Å². The van der Waals surface area contributed by atoms with Gasteiger partial charge in [-0.25, -0.2) is 9.79 Å². The molecule has 0 fully saturated rings. The van der Waals surface area contributed by atoms with E-state index in [-0.39, 0.29) is 24.4 Å². The average Bonchev–Trinajstić information content (AvgIpc) is 3.19. The predicted molar refractivity (Wildman–Crippen MR) is 164 cm³/mol. The summed E-state index contributed by atoms with van der Waals surface area (Å²) >= 11 is 4.86. The van der Waals surface area contributed by atoms with Crippen molar-refractivity contribution in [2.45, 2.75) is 66.7 Å². The predicted octanol–water partition coefficient (Wildman–Crippen LogP) is 5.53. The Morgan fingerprint density at radius 1 is 1.07 bits per heavy atom. The van der Waals surface area contributed by atoms with Crippen molar-refractivity contribution >= 4 is 39.3 Å². The zero-order chi connectivity index (χ0) is 29.8. The average molecular weight is 644 g/mol. The molecule has 2 heterocycles. The van der Waals surface area contributed by atoms with Crippen molar-refractivity contribution in [1.82, 2.24) is 4.57 Å². The van der Waals surface area contributed by atoms with Gasteiger partial charge in [-0.3, -0.25) is 9.36 Å². The van der Waals surface area contributed by atoms with Crippen LogP contribution in [0.25, 0.3) is 6.08 Å². The summed E-state index contributed by atoms with van der Waals surface area (Å²) in [4.78, 5) is 32.5. The number of rotatable bonds is 10. The lowest BCUT2D eigenvalue weighted by Crippen LogP contribution is -2.40. The van der Waals surface area contributed by atoms with Crippen molar-refractivity contribution in [2.75, 3.05) is 13.2 Å². The molecule has 218 valence electrons. The van der Waals surface area contributed by atoms with Crippen LogP contribution in [0.15, 0.2) is 61.9 Å². The van der Waals surface area contributed by atoms with Gasteiger partial charge in [-0.1, -0.05) is 29.5 Å². The lowest BCUT2D eigenvalue weighted by atomic mass is 9.95. The maximum atomic E-state index is 14.1. The Labute approximate surface area is 252 Å². The van der Waals surface area contributed by atoms with Gasteiger partial charge in [0.1, 0.15) is 11.8 Å². The van der Waals surface area contributed by atoms with E-state index in [2.05, 4.69) is 20.9 Å². The van der Waals surface area contributed by atoms with E-state index in [1.165, 1.54) is 11.3 Å². The third-order valence-electron chi connectivity index (χ3n) is 6.08. The van der Waals surface area contributed by atoms with Crippen LogP contribution in [0.5, 0.6) is 17.2 Å². The fourth-order valence-electron chi connectivity index (χ4n) is 4.59. The summed E-state index contributed by atoms with van der Waals surface area (Å²) in [5.41, 5.74) is 1.97. The molecule has 10 heteroatoms. The topological polar surface area (TPSA) is 88.4 Å². The zero-order valence-electron chi connectivity index (χ0n) is 24.3. The SMILES string of the molecule is CCOC(=O)C1=C(C)N=c2s/c(=C\c3cc(Br)c(OC(C)C)c(OCC)c3)c(=O)n2[C@H]1c1ccccc1OC(C)C. The molecular formula is C31H35BrN2O6S. The fraction of sp³-hybridized carbons (Fsp3) is 0.387. The molecule has 0 saturated heterocycles. The molecule has 2 aromatic carbocycles. The minimum absolute atomic E-state index is 0.0422. The second-order valence-corrected chi connectivity index (χ2v) is 11.8. The molecule has 0 saturated carbocycles. The van der Waals surface area contributed by atoms with Crippen LogP contribution in [-0.4, -0.2) is 36.0 Å². The molecule has 8 nitrogen and oxygen atoms in total. The van der Waals surface area contributed by atoms with Gasteiger partial charge in [0.2, 0.25) is 0 Å². The molecule has 0 N–H and O–H groups in total. The molecule has 0 spiro atoms. The molecule has 4 rings (SSSR count).